The number of allylic oxidation sites excluding steroid dienone is 16. The number of rotatable bonds is 65. The van der Waals surface area contributed by atoms with Crippen molar-refractivity contribution < 1.29 is 28.6 Å². The fourth-order valence-corrected chi connectivity index (χ4v) is 10.2. The van der Waals surface area contributed by atoms with Gasteiger partial charge in [-0.05, 0) is 116 Å². The van der Waals surface area contributed by atoms with E-state index in [0.29, 0.717) is 19.3 Å². The predicted octanol–water partition coefficient (Wildman–Crippen LogP) is 24.8. The molecule has 0 aliphatic rings. The van der Waals surface area contributed by atoms with E-state index < -0.39 is 6.10 Å². The third-order valence-corrected chi connectivity index (χ3v) is 15.5. The van der Waals surface area contributed by atoms with E-state index in [1.165, 1.54) is 180 Å². The molecule has 0 spiro atoms. The number of carbonyl (C=O) groups is 3. The van der Waals surface area contributed by atoms with Crippen molar-refractivity contribution in [3.05, 3.63) is 97.2 Å². The first-order valence-corrected chi connectivity index (χ1v) is 35.7. The van der Waals surface area contributed by atoms with Crippen molar-refractivity contribution in [2.24, 2.45) is 0 Å². The summed E-state index contributed by atoms with van der Waals surface area (Å²) >= 11 is 0. The van der Waals surface area contributed by atoms with E-state index in [2.05, 4.69) is 118 Å². The van der Waals surface area contributed by atoms with Gasteiger partial charge in [0.05, 0.1) is 0 Å². The lowest BCUT2D eigenvalue weighted by Gasteiger charge is -2.18. The Morgan fingerprint density at radius 1 is 0.253 bits per heavy atom. The fraction of sp³-hybridized carbons (Fsp3) is 0.753. The van der Waals surface area contributed by atoms with Crippen LogP contribution in [0.15, 0.2) is 97.2 Å². The molecule has 0 heterocycles. The maximum atomic E-state index is 12.9. The van der Waals surface area contributed by atoms with Crippen LogP contribution >= 0.6 is 0 Å². The number of esters is 3. The van der Waals surface area contributed by atoms with Crippen molar-refractivity contribution in [3.8, 4) is 0 Å². The van der Waals surface area contributed by atoms with Crippen molar-refractivity contribution in [1.29, 1.82) is 0 Å². The maximum Gasteiger partial charge on any atom is 0.306 e. The van der Waals surface area contributed by atoms with E-state index in [1.54, 1.807) is 0 Å². The molecule has 6 heteroatoms. The Balaban J connectivity index is 4.13. The summed E-state index contributed by atoms with van der Waals surface area (Å²) in [6.07, 6.45) is 96.0. The van der Waals surface area contributed by atoms with Crippen LogP contribution in [0.3, 0.4) is 0 Å². The number of hydrogen-bond donors (Lipinski definition) is 0. The second-order valence-electron chi connectivity index (χ2n) is 23.8. The van der Waals surface area contributed by atoms with Crippen LogP contribution < -0.4 is 0 Å². The molecule has 0 aliphatic heterocycles. The normalized spacial score (nSPS) is 12.7. The van der Waals surface area contributed by atoms with Gasteiger partial charge in [0.25, 0.3) is 0 Å². The van der Waals surface area contributed by atoms with Gasteiger partial charge in [0, 0.05) is 19.3 Å². The van der Waals surface area contributed by atoms with E-state index in [9.17, 15) is 14.4 Å². The molecule has 0 aromatic heterocycles. The van der Waals surface area contributed by atoms with Gasteiger partial charge in [0.1, 0.15) is 13.2 Å². The minimum absolute atomic E-state index is 0.0895. The standard InChI is InChI=1S/C77H134O6/c1-4-7-10-13-16-19-22-25-27-29-30-31-32-33-34-35-36-37-38-39-40-41-42-43-44-45-46-48-49-52-55-58-61-64-67-70-76(79)82-73-74(72-81-75(78)69-66-63-60-57-54-51-24-21-18-15-12-9-6-3)83-77(80)71-68-65-62-59-56-53-50-47-28-26-23-20-17-14-11-8-5-2/h8,11-12,15,17,20-22,24-26,28-30,50,53,74H,4-7,9-10,13-14,16,18-19,23,27,31-49,51-52,54-73H2,1-3H3/b11-8-,15-12-,20-17-,24-21-,25-22-,28-26-,30-29-,53-50-. The average molecular weight is 1160 g/mol. The van der Waals surface area contributed by atoms with E-state index >= 15 is 0 Å². The first-order valence-electron chi connectivity index (χ1n) is 35.7. The lowest BCUT2D eigenvalue weighted by atomic mass is 10.0. The summed E-state index contributed by atoms with van der Waals surface area (Å²) in [5.74, 6) is -0.915. The minimum Gasteiger partial charge on any atom is -0.462 e. The number of hydrogen-bond acceptors (Lipinski definition) is 6. The summed E-state index contributed by atoms with van der Waals surface area (Å²) in [6, 6.07) is 0. The van der Waals surface area contributed by atoms with Gasteiger partial charge < -0.3 is 14.2 Å². The SMILES string of the molecule is CC/C=C\C/C=C\C/C=C\C/C=C\CCCCCCC(=O)OC(COC(=O)CCCCCCC/C=C\C/C=C\CCC)COC(=O)CCCCCCCCCCCCCCCCCCCCCCCCC/C=C\C/C=C\CCCCCCC. The topological polar surface area (TPSA) is 78.9 Å². The molecule has 0 saturated heterocycles. The van der Waals surface area contributed by atoms with Crippen molar-refractivity contribution in [1.82, 2.24) is 0 Å². The molecule has 0 amide bonds. The van der Waals surface area contributed by atoms with Crippen molar-refractivity contribution in [3.63, 3.8) is 0 Å². The molecule has 83 heavy (non-hydrogen) atoms. The molecule has 0 saturated carbocycles. The molecule has 0 aromatic rings. The summed E-state index contributed by atoms with van der Waals surface area (Å²) < 4.78 is 16.9. The van der Waals surface area contributed by atoms with Crippen LogP contribution in [0.5, 0.6) is 0 Å². The van der Waals surface area contributed by atoms with Crippen molar-refractivity contribution in [2.75, 3.05) is 13.2 Å². The lowest BCUT2D eigenvalue weighted by molar-refractivity contribution is -0.167. The monoisotopic (exact) mass is 1160 g/mol. The van der Waals surface area contributed by atoms with Crippen LogP contribution in [0.1, 0.15) is 355 Å². The second-order valence-corrected chi connectivity index (χ2v) is 23.8. The van der Waals surface area contributed by atoms with Gasteiger partial charge in [-0.3, -0.25) is 14.4 Å². The zero-order valence-electron chi connectivity index (χ0n) is 54.9. The Bertz CT molecular complexity index is 1610. The summed E-state index contributed by atoms with van der Waals surface area (Å²) in [7, 11) is 0. The molecular weight excluding hydrogens is 1020 g/mol. The van der Waals surface area contributed by atoms with Gasteiger partial charge in [-0.25, -0.2) is 0 Å². The van der Waals surface area contributed by atoms with Crippen LogP contribution in [-0.4, -0.2) is 37.2 Å². The van der Waals surface area contributed by atoms with Crippen LogP contribution in [0.4, 0.5) is 0 Å². The van der Waals surface area contributed by atoms with Gasteiger partial charge in [-0.1, -0.05) is 317 Å². The number of ether oxygens (including phenoxy) is 3. The molecule has 1 atom stereocenters. The van der Waals surface area contributed by atoms with Gasteiger partial charge in [0.15, 0.2) is 6.10 Å². The highest BCUT2D eigenvalue weighted by atomic mass is 16.6. The van der Waals surface area contributed by atoms with E-state index in [1.807, 2.05) is 0 Å². The molecule has 1 unspecified atom stereocenters. The molecule has 0 aliphatic carbocycles. The highest BCUT2D eigenvalue weighted by Crippen LogP contribution is 2.18. The quantitative estimate of drug-likeness (QED) is 0.0261. The van der Waals surface area contributed by atoms with Crippen LogP contribution in [-0.2, 0) is 28.6 Å². The first kappa shape index (κ1) is 79.3. The van der Waals surface area contributed by atoms with Crippen LogP contribution in [0.25, 0.3) is 0 Å². The van der Waals surface area contributed by atoms with Crippen LogP contribution in [0, 0.1) is 0 Å². The van der Waals surface area contributed by atoms with E-state index in [0.717, 1.165) is 135 Å². The Labute approximate surface area is 515 Å². The second kappa shape index (κ2) is 70.8. The smallest absolute Gasteiger partial charge is 0.306 e. The van der Waals surface area contributed by atoms with Gasteiger partial charge in [-0.2, -0.15) is 0 Å². The highest BCUT2D eigenvalue weighted by molar-refractivity contribution is 5.71. The third-order valence-electron chi connectivity index (χ3n) is 15.5. The third kappa shape index (κ3) is 69.0. The summed E-state index contributed by atoms with van der Waals surface area (Å²) in [5.41, 5.74) is 0. The maximum absolute atomic E-state index is 12.9. The summed E-state index contributed by atoms with van der Waals surface area (Å²) in [6.45, 7) is 6.45. The molecule has 0 bridgehead atoms. The predicted molar refractivity (Wildman–Crippen MR) is 362 cm³/mol. The van der Waals surface area contributed by atoms with Crippen LogP contribution in [0.2, 0.25) is 0 Å². The molecule has 478 valence electrons. The van der Waals surface area contributed by atoms with Gasteiger partial charge in [-0.15, -0.1) is 0 Å². The zero-order valence-corrected chi connectivity index (χ0v) is 54.9. The molecule has 0 N–H and O–H groups in total. The Kier molecular flexibility index (Phi) is 67.7. The molecular formula is C77H134O6. The molecule has 0 radical (unpaired) electrons. The Hall–Kier alpha value is -3.67. The number of carbonyl (C=O) groups excluding carboxylic acids is 3. The van der Waals surface area contributed by atoms with Crippen molar-refractivity contribution in [2.45, 2.75) is 361 Å². The van der Waals surface area contributed by atoms with Crippen molar-refractivity contribution >= 4 is 17.9 Å². The summed E-state index contributed by atoms with van der Waals surface area (Å²) in [5, 5.41) is 0. The molecule has 0 rings (SSSR count). The average Bonchev–Trinajstić information content (AvgIpc) is 3.49. The Morgan fingerprint density at radius 2 is 0.494 bits per heavy atom. The van der Waals surface area contributed by atoms with Gasteiger partial charge in [0.2, 0.25) is 0 Å². The number of unbranched alkanes of at least 4 members (excludes halogenated alkanes) is 38. The zero-order chi connectivity index (χ0) is 59.9. The summed E-state index contributed by atoms with van der Waals surface area (Å²) in [4.78, 5) is 38.3. The molecule has 0 fully saturated rings. The van der Waals surface area contributed by atoms with Gasteiger partial charge >= 0.3 is 17.9 Å². The van der Waals surface area contributed by atoms with E-state index in [-0.39, 0.29) is 31.1 Å². The largest absolute Gasteiger partial charge is 0.462 e. The Morgan fingerprint density at radius 3 is 0.783 bits per heavy atom. The molecule has 6 nitrogen and oxygen atoms in total. The molecule has 0 aromatic carbocycles. The first-order chi connectivity index (χ1) is 41.0. The fourth-order valence-electron chi connectivity index (χ4n) is 10.2. The van der Waals surface area contributed by atoms with E-state index in [4.69, 9.17) is 14.2 Å². The minimum atomic E-state index is -0.797. The lowest BCUT2D eigenvalue weighted by Crippen LogP contribution is -2.30. The highest BCUT2D eigenvalue weighted by Gasteiger charge is 2.19.